The van der Waals surface area contributed by atoms with Crippen molar-refractivity contribution >= 4 is 41.6 Å². The van der Waals surface area contributed by atoms with Gasteiger partial charge in [0.15, 0.2) is 0 Å². The number of amides is 5. The molecule has 5 amide bonds. The van der Waals surface area contributed by atoms with Crippen molar-refractivity contribution in [1.82, 2.24) is 20.9 Å². The summed E-state index contributed by atoms with van der Waals surface area (Å²) in [6, 6.07) is 12.4. The van der Waals surface area contributed by atoms with Crippen LogP contribution >= 0.6 is 0 Å². The second-order valence-electron chi connectivity index (χ2n) is 14.4. The second-order valence-corrected chi connectivity index (χ2v) is 14.4. The number of fused-ring (bicyclic) bond motifs is 1. The molecule has 0 spiro atoms. The highest BCUT2D eigenvalue weighted by molar-refractivity contribution is 5.96. The molecule has 2 fully saturated rings. The molecule has 14 heteroatoms. The Hall–Kier alpha value is -5.40. The molecule has 1 saturated carbocycles. The summed E-state index contributed by atoms with van der Waals surface area (Å²) < 4.78 is 16.5. The number of hydrogen-bond acceptors (Lipinski definition) is 9. The minimum Gasteiger partial charge on any atom is -0.464 e. The van der Waals surface area contributed by atoms with Gasteiger partial charge in [0, 0.05) is 31.4 Å². The number of esters is 2. The molecule has 1 heterocycles. The molecule has 52 heavy (non-hydrogen) atoms. The first-order valence-corrected chi connectivity index (χ1v) is 17.4. The monoisotopic (exact) mass is 717 g/mol. The highest BCUT2D eigenvalue weighted by Crippen LogP contribution is 2.45. The van der Waals surface area contributed by atoms with E-state index >= 15 is 0 Å². The lowest BCUT2D eigenvalue weighted by Gasteiger charge is -2.34. The number of para-hydroxylation sites is 1. The van der Waals surface area contributed by atoms with Crippen molar-refractivity contribution in [3.63, 3.8) is 0 Å². The van der Waals surface area contributed by atoms with E-state index in [-0.39, 0.29) is 31.9 Å². The summed E-state index contributed by atoms with van der Waals surface area (Å²) in [5.41, 5.74) is 0.0783. The van der Waals surface area contributed by atoms with E-state index in [1.165, 1.54) is 11.8 Å². The molecule has 2 aromatic rings. The number of hydrogen-bond donors (Lipinski definition) is 4. The summed E-state index contributed by atoms with van der Waals surface area (Å²) in [5.74, 6) is -2.63. The van der Waals surface area contributed by atoms with E-state index in [4.69, 9.17) is 14.2 Å². The number of ether oxygens (including phenoxy) is 3. The quantitative estimate of drug-likeness (QED) is 0.153. The summed E-state index contributed by atoms with van der Waals surface area (Å²) in [5, 5.41) is 11.2. The largest absolute Gasteiger partial charge is 0.464 e. The molecule has 2 aromatic carbocycles. The SMILES string of the molecule is C=C[C@@H]1C[C@]1(NC(=O)[C@@H]1C[C@@H](OC(=O)Nc2ccccc2)CN1C(=O)NC(C(=O)N[C@H]1c2ccccc2C[C@H]1OC(C)=O)C(C)(C)C)C(=O)OCC. The maximum Gasteiger partial charge on any atom is 0.411 e. The molecule has 2 aliphatic carbocycles. The number of carbonyl (C=O) groups excluding carboxylic acids is 6. The minimum absolute atomic E-state index is 0.0750. The Morgan fingerprint density at radius 3 is 2.35 bits per heavy atom. The van der Waals surface area contributed by atoms with Gasteiger partial charge in [0.25, 0.3) is 0 Å². The summed E-state index contributed by atoms with van der Waals surface area (Å²) in [4.78, 5) is 81.1. The summed E-state index contributed by atoms with van der Waals surface area (Å²) in [6.07, 6.45) is -0.136. The first-order chi connectivity index (χ1) is 24.7. The molecule has 1 unspecified atom stereocenters. The highest BCUT2D eigenvalue weighted by Gasteiger charge is 2.62. The van der Waals surface area contributed by atoms with Crippen LogP contribution in [0.3, 0.4) is 0 Å². The number of anilines is 1. The van der Waals surface area contributed by atoms with E-state index in [9.17, 15) is 28.8 Å². The van der Waals surface area contributed by atoms with E-state index in [0.717, 1.165) is 11.1 Å². The van der Waals surface area contributed by atoms with Gasteiger partial charge in [0.05, 0.1) is 19.2 Å². The van der Waals surface area contributed by atoms with Crippen LogP contribution in [-0.2, 0) is 39.8 Å². The van der Waals surface area contributed by atoms with Crippen LogP contribution in [0.15, 0.2) is 67.3 Å². The van der Waals surface area contributed by atoms with Crippen molar-refractivity contribution in [1.29, 1.82) is 0 Å². The average Bonchev–Trinajstić information content (AvgIpc) is 3.47. The third-order valence-electron chi connectivity index (χ3n) is 9.60. The lowest BCUT2D eigenvalue weighted by Crippen LogP contribution is -2.60. The third kappa shape index (κ3) is 8.38. The molecule has 7 atom stereocenters. The topological polar surface area (TPSA) is 181 Å². The minimum atomic E-state index is -1.33. The number of nitrogens with zero attached hydrogens (tertiary/aromatic N) is 1. The van der Waals surface area contributed by atoms with E-state index in [0.29, 0.717) is 12.1 Å². The Balaban J connectivity index is 1.36. The van der Waals surface area contributed by atoms with Crippen LogP contribution in [0.2, 0.25) is 0 Å². The Labute approximate surface area is 303 Å². The van der Waals surface area contributed by atoms with Gasteiger partial charge in [-0.1, -0.05) is 69.3 Å². The van der Waals surface area contributed by atoms with E-state index in [1.807, 2.05) is 24.3 Å². The van der Waals surface area contributed by atoms with Crippen LogP contribution in [0.4, 0.5) is 15.3 Å². The van der Waals surface area contributed by atoms with Gasteiger partial charge >= 0.3 is 24.1 Å². The summed E-state index contributed by atoms with van der Waals surface area (Å²) in [7, 11) is 0. The third-order valence-corrected chi connectivity index (χ3v) is 9.60. The van der Waals surface area contributed by atoms with Gasteiger partial charge in [-0.2, -0.15) is 0 Å². The molecule has 5 rings (SSSR count). The number of benzene rings is 2. The van der Waals surface area contributed by atoms with Gasteiger partial charge in [0.1, 0.15) is 29.8 Å². The number of carbonyl (C=O) groups is 6. The van der Waals surface area contributed by atoms with Crippen molar-refractivity contribution in [2.75, 3.05) is 18.5 Å². The summed E-state index contributed by atoms with van der Waals surface area (Å²) in [6.45, 7) is 12.0. The normalized spacial score (nSPS) is 25.1. The highest BCUT2D eigenvalue weighted by atomic mass is 16.6. The van der Waals surface area contributed by atoms with E-state index in [2.05, 4.69) is 27.8 Å². The van der Waals surface area contributed by atoms with Gasteiger partial charge in [0.2, 0.25) is 11.8 Å². The predicted octanol–water partition coefficient (Wildman–Crippen LogP) is 3.77. The van der Waals surface area contributed by atoms with Gasteiger partial charge in [-0.25, -0.2) is 14.4 Å². The zero-order valence-corrected chi connectivity index (χ0v) is 30.1. The van der Waals surface area contributed by atoms with E-state index in [1.54, 1.807) is 64.1 Å². The number of nitrogens with one attached hydrogen (secondary N) is 4. The van der Waals surface area contributed by atoms with Crippen molar-refractivity contribution in [2.45, 2.75) is 89.8 Å². The predicted molar refractivity (Wildman–Crippen MR) is 190 cm³/mol. The van der Waals surface area contributed by atoms with Gasteiger partial charge in [-0.3, -0.25) is 19.7 Å². The molecular weight excluding hydrogens is 670 g/mol. The lowest BCUT2D eigenvalue weighted by molar-refractivity contribution is -0.149. The van der Waals surface area contributed by atoms with Crippen LogP contribution in [0.25, 0.3) is 0 Å². The Kier molecular flexibility index (Phi) is 11.3. The molecule has 278 valence electrons. The Morgan fingerprint density at radius 1 is 1.02 bits per heavy atom. The molecule has 1 aliphatic heterocycles. The molecular formula is C38H47N5O9. The van der Waals surface area contributed by atoms with Crippen molar-refractivity contribution < 1.29 is 43.0 Å². The molecule has 3 aliphatic rings. The number of rotatable bonds is 11. The van der Waals surface area contributed by atoms with Gasteiger partial charge in [-0.15, -0.1) is 6.58 Å². The molecule has 0 radical (unpaired) electrons. The van der Waals surface area contributed by atoms with Gasteiger partial charge in [-0.05, 0) is 42.0 Å². The number of urea groups is 1. The molecule has 0 bridgehead atoms. The summed E-state index contributed by atoms with van der Waals surface area (Å²) >= 11 is 0. The molecule has 4 N–H and O–H groups in total. The lowest BCUT2D eigenvalue weighted by atomic mass is 9.86. The Bertz CT molecular complexity index is 1710. The second kappa shape index (κ2) is 15.5. The number of likely N-dealkylation sites (tertiary alicyclic amines) is 1. The maximum atomic E-state index is 14.1. The van der Waals surface area contributed by atoms with Crippen LogP contribution in [0, 0.1) is 11.3 Å². The van der Waals surface area contributed by atoms with Crippen molar-refractivity contribution in [3.05, 3.63) is 78.4 Å². The standard InChI is InChI=1S/C38H47N5O9/c1-7-24-20-38(24,34(47)50-8-2)42-32(45)28-19-26(52-36(49)39-25-15-10-9-11-16-25)21-43(28)35(48)41-31(37(4,5)6)33(46)40-30-27-17-13-12-14-23(27)18-29(30)51-22(3)44/h7,9-17,24,26,28-31H,1,8,18-21H2,2-6H3,(H,39,49)(H,40,46)(H,41,48)(H,42,45)/t24-,26-,28+,29-,30+,31?,38-/m1/s1. The Morgan fingerprint density at radius 2 is 1.71 bits per heavy atom. The van der Waals surface area contributed by atoms with Crippen molar-refractivity contribution in [2.24, 2.45) is 11.3 Å². The first kappa shape index (κ1) is 37.8. The van der Waals surface area contributed by atoms with Crippen LogP contribution < -0.4 is 21.3 Å². The van der Waals surface area contributed by atoms with E-state index < -0.39 is 77.2 Å². The molecule has 0 aromatic heterocycles. The van der Waals surface area contributed by atoms with Gasteiger partial charge < -0.3 is 35.1 Å². The maximum absolute atomic E-state index is 14.1. The van der Waals surface area contributed by atoms with Crippen molar-refractivity contribution in [3.8, 4) is 0 Å². The smallest absolute Gasteiger partial charge is 0.411 e. The van der Waals surface area contributed by atoms with Crippen LogP contribution in [-0.4, -0.2) is 83.8 Å². The van der Waals surface area contributed by atoms with Crippen LogP contribution in [0.1, 0.15) is 64.6 Å². The average molecular weight is 718 g/mol. The zero-order valence-electron chi connectivity index (χ0n) is 30.1. The fraction of sp³-hybridized carbons (Fsp3) is 0.474. The molecule has 1 saturated heterocycles. The fourth-order valence-corrected chi connectivity index (χ4v) is 6.91. The fourth-order valence-electron chi connectivity index (χ4n) is 6.91. The first-order valence-electron chi connectivity index (χ1n) is 17.4. The zero-order chi connectivity index (χ0) is 37.8. The molecule has 14 nitrogen and oxygen atoms in total. The van der Waals surface area contributed by atoms with Crippen LogP contribution in [0.5, 0.6) is 0 Å².